The second-order valence-electron chi connectivity index (χ2n) is 7.33. The molecule has 0 bridgehead atoms. The lowest BCUT2D eigenvalue weighted by Crippen LogP contribution is -2.22. The van der Waals surface area contributed by atoms with E-state index in [9.17, 15) is 25.0 Å². The van der Waals surface area contributed by atoms with Crippen LogP contribution in [0, 0.1) is 42.2 Å². The highest BCUT2D eigenvalue weighted by atomic mass is 16.6. The van der Waals surface area contributed by atoms with E-state index in [-0.39, 0.29) is 22.5 Å². The molecular weight excluding hydrogens is 438 g/mol. The lowest BCUT2D eigenvalue weighted by Gasteiger charge is -2.09. The average Bonchev–Trinajstić information content (AvgIpc) is 3.10. The molecule has 0 atom stereocenters. The third-order valence-electron chi connectivity index (χ3n) is 5.09. The SMILES string of the molecule is Cc1nn(-c2ccccc2)c(C)c1C=C(C#N)C(=O)OCC(=O)Nc1cccc([N+](=O)[O-])c1C. The van der Waals surface area contributed by atoms with Crippen molar-refractivity contribution in [3.05, 3.63) is 86.7 Å². The van der Waals surface area contributed by atoms with Gasteiger partial charge in [-0.05, 0) is 45.0 Å². The molecule has 10 nitrogen and oxygen atoms in total. The highest BCUT2D eigenvalue weighted by molar-refractivity contribution is 6.00. The van der Waals surface area contributed by atoms with Crippen molar-refractivity contribution in [3.8, 4) is 11.8 Å². The molecule has 0 saturated heterocycles. The second-order valence-corrected chi connectivity index (χ2v) is 7.33. The number of rotatable bonds is 7. The fourth-order valence-electron chi connectivity index (χ4n) is 3.32. The number of amides is 1. The van der Waals surface area contributed by atoms with Gasteiger partial charge in [0, 0.05) is 17.3 Å². The zero-order valence-electron chi connectivity index (χ0n) is 18.7. The summed E-state index contributed by atoms with van der Waals surface area (Å²) in [6.45, 7) is 4.40. The Balaban J connectivity index is 1.72. The topological polar surface area (TPSA) is 140 Å². The third-order valence-corrected chi connectivity index (χ3v) is 5.09. The number of hydrogen-bond donors (Lipinski definition) is 1. The molecule has 3 aromatic rings. The summed E-state index contributed by atoms with van der Waals surface area (Å²) < 4.78 is 6.69. The Morgan fingerprint density at radius 1 is 1.18 bits per heavy atom. The van der Waals surface area contributed by atoms with E-state index in [2.05, 4.69) is 10.4 Å². The molecule has 1 heterocycles. The summed E-state index contributed by atoms with van der Waals surface area (Å²) in [5, 5.41) is 27.5. The minimum atomic E-state index is -0.973. The zero-order chi connectivity index (χ0) is 24.8. The summed E-state index contributed by atoms with van der Waals surface area (Å²) in [4.78, 5) is 35.1. The van der Waals surface area contributed by atoms with Gasteiger partial charge in [-0.3, -0.25) is 14.9 Å². The van der Waals surface area contributed by atoms with Gasteiger partial charge < -0.3 is 10.1 Å². The minimum Gasteiger partial charge on any atom is -0.451 e. The van der Waals surface area contributed by atoms with Gasteiger partial charge in [0.1, 0.15) is 11.6 Å². The fourth-order valence-corrected chi connectivity index (χ4v) is 3.32. The van der Waals surface area contributed by atoms with Crippen molar-refractivity contribution in [1.82, 2.24) is 9.78 Å². The predicted molar refractivity (Wildman–Crippen MR) is 124 cm³/mol. The first-order valence-corrected chi connectivity index (χ1v) is 10.2. The molecule has 172 valence electrons. The number of aryl methyl sites for hydroxylation is 1. The van der Waals surface area contributed by atoms with Gasteiger partial charge in [0.25, 0.3) is 11.6 Å². The Morgan fingerprint density at radius 2 is 1.88 bits per heavy atom. The molecule has 0 unspecified atom stereocenters. The molecule has 1 amide bonds. The monoisotopic (exact) mass is 459 g/mol. The van der Waals surface area contributed by atoms with E-state index in [1.165, 1.54) is 31.2 Å². The van der Waals surface area contributed by atoms with Crippen LogP contribution in [0.5, 0.6) is 0 Å². The summed E-state index contributed by atoms with van der Waals surface area (Å²) in [5.74, 6) is -1.67. The Labute approximate surface area is 195 Å². The number of nitrogens with one attached hydrogen (secondary N) is 1. The van der Waals surface area contributed by atoms with Crippen LogP contribution < -0.4 is 5.32 Å². The molecule has 0 spiro atoms. The number of hydrogen-bond acceptors (Lipinski definition) is 7. The van der Waals surface area contributed by atoms with Crippen LogP contribution >= 0.6 is 0 Å². The number of esters is 1. The molecule has 0 saturated carbocycles. The van der Waals surface area contributed by atoms with E-state index >= 15 is 0 Å². The van der Waals surface area contributed by atoms with Gasteiger partial charge in [0.15, 0.2) is 6.61 Å². The Bertz CT molecular complexity index is 1340. The van der Waals surface area contributed by atoms with Gasteiger partial charge in [-0.25, -0.2) is 9.48 Å². The van der Waals surface area contributed by atoms with Crippen LogP contribution in [0.4, 0.5) is 11.4 Å². The highest BCUT2D eigenvalue weighted by Crippen LogP contribution is 2.25. The number of nitrogens with zero attached hydrogens (tertiary/aromatic N) is 4. The third kappa shape index (κ3) is 5.16. The summed E-state index contributed by atoms with van der Waals surface area (Å²) in [5.41, 5.74) is 2.82. The van der Waals surface area contributed by atoms with Crippen LogP contribution in [0.25, 0.3) is 11.8 Å². The molecule has 0 radical (unpaired) electrons. The summed E-state index contributed by atoms with van der Waals surface area (Å²) in [6.07, 6.45) is 1.38. The first-order valence-electron chi connectivity index (χ1n) is 10.2. The molecule has 3 rings (SSSR count). The smallest absolute Gasteiger partial charge is 0.349 e. The molecule has 0 fully saturated rings. The maximum Gasteiger partial charge on any atom is 0.349 e. The fraction of sp³-hybridized carbons (Fsp3) is 0.167. The van der Waals surface area contributed by atoms with Gasteiger partial charge in [-0.15, -0.1) is 0 Å². The summed E-state index contributed by atoms with van der Waals surface area (Å²) >= 11 is 0. The number of carbonyl (C=O) groups is 2. The molecule has 0 aliphatic carbocycles. The van der Waals surface area contributed by atoms with E-state index in [4.69, 9.17) is 4.74 Å². The van der Waals surface area contributed by atoms with E-state index in [0.29, 0.717) is 11.3 Å². The van der Waals surface area contributed by atoms with Crippen LogP contribution in [0.15, 0.2) is 54.1 Å². The minimum absolute atomic E-state index is 0.147. The highest BCUT2D eigenvalue weighted by Gasteiger charge is 2.19. The number of benzene rings is 2. The van der Waals surface area contributed by atoms with Gasteiger partial charge in [-0.2, -0.15) is 10.4 Å². The lowest BCUT2D eigenvalue weighted by molar-refractivity contribution is -0.385. The predicted octanol–water partition coefficient (Wildman–Crippen LogP) is 3.79. The van der Waals surface area contributed by atoms with Crippen LogP contribution in [0.2, 0.25) is 0 Å². The number of para-hydroxylation sites is 1. The van der Waals surface area contributed by atoms with E-state index in [0.717, 1.165) is 11.4 Å². The number of nitro groups is 1. The normalized spacial score (nSPS) is 10.9. The van der Waals surface area contributed by atoms with Crippen LogP contribution in [-0.2, 0) is 14.3 Å². The van der Waals surface area contributed by atoms with Crippen molar-refractivity contribution in [3.63, 3.8) is 0 Å². The molecule has 0 aliphatic heterocycles. The molecule has 1 aromatic heterocycles. The number of ether oxygens (including phenoxy) is 1. The van der Waals surface area contributed by atoms with E-state index < -0.39 is 23.4 Å². The molecule has 34 heavy (non-hydrogen) atoms. The van der Waals surface area contributed by atoms with Crippen LogP contribution in [-0.4, -0.2) is 33.2 Å². The van der Waals surface area contributed by atoms with E-state index in [1.807, 2.05) is 37.3 Å². The lowest BCUT2D eigenvalue weighted by atomic mass is 10.1. The first kappa shape index (κ1) is 23.9. The Kier molecular flexibility index (Phi) is 7.18. The van der Waals surface area contributed by atoms with Crippen molar-refractivity contribution in [1.29, 1.82) is 5.26 Å². The van der Waals surface area contributed by atoms with Crippen molar-refractivity contribution >= 4 is 29.3 Å². The summed E-state index contributed by atoms with van der Waals surface area (Å²) in [7, 11) is 0. The summed E-state index contributed by atoms with van der Waals surface area (Å²) in [6, 6.07) is 15.5. The standard InChI is InChI=1S/C24H21N5O5/c1-15-21(10-7-11-22(15)29(32)33)26-23(30)14-34-24(31)18(13-25)12-20-16(2)27-28(17(20)3)19-8-5-4-6-9-19/h4-12H,14H2,1-3H3,(H,26,30). The van der Waals surface area contributed by atoms with Gasteiger partial charge in [0.2, 0.25) is 0 Å². The van der Waals surface area contributed by atoms with Crippen molar-refractivity contribution in [2.75, 3.05) is 11.9 Å². The second kappa shape index (κ2) is 10.2. The van der Waals surface area contributed by atoms with Crippen molar-refractivity contribution < 1.29 is 19.2 Å². The van der Waals surface area contributed by atoms with Gasteiger partial charge >= 0.3 is 5.97 Å². The van der Waals surface area contributed by atoms with Gasteiger partial charge in [-0.1, -0.05) is 24.3 Å². The molecule has 2 aromatic carbocycles. The number of nitro benzene ring substituents is 1. The Hall–Kier alpha value is -4.78. The van der Waals surface area contributed by atoms with Crippen molar-refractivity contribution in [2.45, 2.75) is 20.8 Å². The van der Waals surface area contributed by atoms with Crippen molar-refractivity contribution in [2.24, 2.45) is 0 Å². The molecule has 0 aliphatic rings. The van der Waals surface area contributed by atoms with E-state index in [1.54, 1.807) is 17.7 Å². The first-order chi connectivity index (χ1) is 16.2. The zero-order valence-corrected chi connectivity index (χ0v) is 18.7. The maximum absolute atomic E-state index is 12.4. The molecule has 10 heteroatoms. The van der Waals surface area contributed by atoms with Crippen LogP contribution in [0.1, 0.15) is 22.5 Å². The Morgan fingerprint density at radius 3 is 2.53 bits per heavy atom. The number of aromatic nitrogens is 2. The number of carbonyl (C=O) groups excluding carboxylic acids is 2. The van der Waals surface area contributed by atoms with Gasteiger partial charge in [0.05, 0.1) is 27.6 Å². The largest absolute Gasteiger partial charge is 0.451 e. The average molecular weight is 459 g/mol. The maximum atomic E-state index is 12.4. The number of nitriles is 1. The molecule has 1 N–H and O–H groups in total. The quantitative estimate of drug-likeness (QED) is 0.186. The number of anilines is 1. The van der Waals surface area contributed by atoms with Crippen LogP contribution in [0.3, 0.4) is 0 Å². The molecular formula is C24H21N5O5.